The van der Waals surface area contributed by atoms with E-state index in [4.69, 9.17) is 4.74 Å². The number of unbranched alkanes of at least 4 members (excludes halogenated alkanes) is 4. The number of alkyl halides is 3. The molecule has 0 aliphatic heterocycles. The highest BCUT2D eigenvalue weighted by molar-refractivity contribution is 5.39. The molecule has 1 nitrogen and oxygen atoms in total. The van der Waals surface area contributed by atoms with Gasteiger partial charge >= 0.3 is 6.18 Å². The van der Waals surface area contributed by atoms with Crippen molar-refractivity contribution in [1.82, 2.24) is 0 Å². The number of benzene rings is 1. The van der Waals surface area contributed by atoms with Gasteiger partial charge in [0, 0.05) is 0 Å². The van der Waals surface area contributed by atoms with Crippen LogP contribution < -0.4 is 4.74 Å². The van der Waals surface area contributed by atoms with Gasteiger partial charge in [-0.15, -0.1) is 0 Å². The van der Waals surface area contributed by atoms with Crippen molar-refractivity contribution in [1.29, 1.82) is 0 Å². The molecular weight excluding hydrogens is 265 g/mol. The van der Waals surface area contributed by atoms with Gasteiger partial charge in [-0.1, -0.05) is 45.6 Å². The van der Waals surface area contributed by atoms with Crippen LogP contribution in [0.2, 0.25) is 0 Å². The second-order valence-electron chi connectivity index (χ2n) is 4.94. The number of hydrogen-bond acceptors (Lipinski definition) is 1. The quantitative estimate of drug-likeness (QED) is 0.564. The zero-order chi connectivity index (χ0) is 15.0. The van der Waals surface area contributed by atoms with Crippen molar-refractivity contribution >= 4 is 0 Å². The second-order valence-corrected chi connectivity index (χ2v) is 4.94. The fourth-order valence-electron chi connectivity index (χ4n) is 2.03. The Kier molecular flexibility index (Phi) is 6.89. The smallest absolute Gasteiger partial charge is 0.419 e. The Hall–Kier alpha value is -1.19. The standard InChI is InChI=1S/C16H23F3O/c1-3-5-6-7-8-11-20-15-10-9-13(4-2)12-14(15)16(17,18)19/h9-10,12H,3-8,11H2,1-2H3. The van der Waals surface area contributed by atoms with Crippen molar-refractivity contribution in [2.45, 2.75) is 58.5 Å². The predicted molar refractivity (Wildman–Crippen MR) is 75.1 cm³/mol. The van der Waals surface area contributed by atoms with E-state index in [1.807, 2.05) is 6.92 Å². The van der Waals surface area contributed by atoms with Crippen molar-refractivity contribution < 1.29 is 17.9 Å². The van der Waals surface area contributed by atoms with Gasteiger partial charge in [-0.3, -0.25) is 0 Å². The third-order valence-electron chi connectivity index (χ3n) is 3.26. The summed E-state index contributed by atoms with van der Waals surface area (Å²) in [6.45, 7) is 4.31. The lowest BCUT2D eigenvalue weighted by Gasteiger charge is -2.15. The molecule has 0 saturated heterocycles. The molecule has 0 aromatic heterocycles. The van der Waals surface area contributed by atoms with Crippen LogP contribution in [0.3, 0.4) is 0 Å². The van der Waals surface area contributed by atoms with Crippen LogP contribution in [0, 0.1) is 0 Å². The highest BCUT2D eigenvalue weighted by atomic mass is 19.4. The van der Waals surface area contributed by atoms with E-state index in [-0.39, 0.29) is 5.75 Å². The first-order valence-corrected chi connectivity index (χ1v) is 7.32. The first-order chi connectivity index (χ1) is 9.49. The van der Waals surface area contributed by atoms with E-state index >= 15 is 0 Å². The topological polar surface area (TPSA) is 9.23 Å². The molecule has 1 rings (SSSR count). The Labute approximate surface area is 119 Å². The molecule has 0 saturated carbocycles. The summed E-state index contributed by atoms with van der Waals surface area (Å²) < 4.78 is 44.2. The summed E-state index contributed by atoms with van der Waals surface area (Å²) in [5.41, 5.74) is 0.0121. The summed E-state index contributed by atoms with van der Waals surface area (Å²) in [5.74, 6) is -0.0507. The predicted octanol–water partition coefficient (Wildman–Crippen LogP) is 5.62. The maximum atomic E-state index is 13.0. The molecule has 114 valence electrons. The van der Waals surface area contributed by atoms with Crippen molar-refractivity contribution in [3.05, 3.63) is 29.3 Å². The number of aryl methyl sites for hydroxylation is 1. The molecular formula is C16H23F3O. The molecule has 0 atom stereocenters. The lowest BCUT2D eigenvalue weighted by atomic mass is 10.1. The van der Waals surface area contributed by atoms with Gasteiger partial charge in [0.1, 0.15) is 5.75 Å². The Morgan fingerprint density at radius 1 is 1.00 bits per heavy atom. The van der Waals surface area contributed by atoms with E-state index in [0.29, 0.717) is 18.6 Å². The average Bonchev–Trinajstić information content (AvgIpc) is 2.41. The van der Waals surface area contributed by atoms with Crippen molar-refractivity contribution in [2.75, 3.05) is 6.61 Å². The highest BCUT2D eigenvalue weighted by Crippen LogP contribution is 2.37. The third-order valence-corrected chi connectivity index (χ3v) is 3.26. The van der Waals surface area contributed by atoms with E-state index in [1.165, 1.54) is 18.6 Å². The number of hydrogen-bond donors (Lipinski definition) is 0. The maximum Gasteiger partial charge on any atom is 0.419 e. The van der Waals surface area contributed by atoms with Crippen molar-refractivity contribution in [3.8, 4) is 5.75 Å². The monoisotopic (exact) mass is 288 g/mol. The SMILES string of the molecule is CCCCCCCOc1ccc(CC)cc1C(F)(F)F. The van der Waals surface area contributed by atoms with E-state index in [2.05, 4.69) is 6.92 Å². The van der Waals surface area contributed by atoms with Gasteiger partial charge in [0.15, 0.2) is 0 Å². The Balaban J connectivity index is 2.60. The van der Waals surface area contributed by atoms with Crippen LogP contribution in [0.4, 0.5) is 13.2 Å². The fourth-order valence-corrected chi connectivity index (χ4v) is 2.03. The Morgan fingerprint density at radius 3 is 2.30 bits per heavy atom. The highest BCUT2D eigenvalue weighted by Gasteiger charge is 2.34. The van der Waals surface area contributed by atoms with E-state index in [9.17, 15) is 13.2 Å². The van der Waals surface area contributed by atoms with E-state index < -0.39 is 11.7 Å². The number of ether oxygens (including phenoxy) is 1. The van der Waals surface area contributed by atoms with Crippen LogP contribution in [0.1, 0.15) is 57.1 Å². The van der Waals surface area contributed by atoms with E-state index in [0.717, 1.165) is 25.7 Å². The Bertz CT molecular complexity index is 399. The van der Waals surface area contributed by atoms with Crippen LogP contribution in [0.25, 0.3) is 0 Å². The zero-order valence-electron chi connectivity index (χ0n) is 12.2. The maximum absolute atomic E-state index is 13.0. The first-order valence-electron chi connectivity index (χ1n) is 7.32. The summed E-state index contributed by atoms with van der Waals surface area (Å²) in [6.07, 6.45) is 1.45. The molecule has 0 amide bonds. The number of halogens is 3. The van der Waals surface area contributed by atoms with Crippen LogP contribution in [0.5, 0.6) is 5.75 Å². The molecule has 0 fully saturated rings. The largest absolute Gasteiger partial charge is 0.493 e. The third kappa shape index (κ3) is 5.43. The second kappa shape index (κ2) is 8.18. The molecule has 0 N–H and O–H groups in total. The molecule has 1 aromatic rings. The van der Waals surface area contributed by atoms with Crippen LogP contribution >= 0.6 is 0 Å². The van der Waals surface area contributed by atoms with Crippen LogP contribution in [0.15, 0.2) is 18.2 Å². The fraction of sp³-hybridized carbons (Fsp3) is 0.625. The van der Waals surface area contributed by atoms with Gasteiger partial charge in [0.25, 0.3) is 0 Å². The van der Waals surface area contributed by atoms with Gasteiger partial charge in [-0.2, -0.15) is 13.2 Å². The summed E-state index contributed by atoms with van der Waals surface area (Å²) in [4.78, 5) is 0. The molecule has 1 aromatic carbocycles. The van der Waals surface area contributed by atoms with E-state index in [1.54, 1.807) is 6.07 Å². The average molecular weight is 288 g/mol. The molecule has 4 heteroatoms. The summed E-state index contributed by atoms with van der Waals surface area (Å²) in [5, 5.41) is 0. The Morgan fingerprint density at radius 2 is 1.70 bits per heavy atom. The molecule has 0 heterocycles. The number of rotatable bonds is 8. The minimum absolute atomic E-state index is 0.0507. The summed E-state index contributed by atoms with van der Waals surface area (Å²) in [6, 6.07) is 4.32. The van der Waals surface area contributed by atoms with Gasteiger partial charge in [-0.05, 0) is 30.5 Å². The molecule has 0 unspecified atom stereocenters. The van der Waals surface area contributed by atoms with Crippen molar-refractivity contribution in [2.24, 2.45) is 0 Å². The molecule has 20 heavy (non-hydrogen) atoms. The van der Waals surface area contributed by atoms with Crippen LogP contribution in [-0.2, 0) is 12.6 Å². The minimum Gasteiger partial charge on any atom is -0.493 e. The first kappa shape index (κ1) is 16.9. The molecule has 0 aliphatic rings. The molecule has 0 spiro atoms. The lowest BCUT2D eigenvalue weighted by Crippen LogP contribution is -2.10. The van der Waals surface area contributed by atoms with Gasteiger partial charge in [0.2, 0.25) is 0 Å². The summed E-state index contributed by atoms with van der Waals surface area (Å²) >= 11 is 0. The molecule has 0 aliphatic carbocycles. The zero-order valence-corrected chi connectivity index (χ0v) is 12.2. The van der Waals surface area contributed by atoms with Gasteiger partial charge in [0.05, 0.1) is 12.2 Å². The summed E-state index contributed by atoms with van der Waals surface area (Å²) in [7, 11) is 0. The van der Waals surface area contributed by atoms with Gasteiger partial charge < -0.3 is 4.74 Å². The molecule has 0 radical (unpaired) electrons. The van der Waals surface area contributed by atoms with Crippen molar-refractivity contribution in [3.63, 3.8) is 0 Å². The normalized spacial score (nSPS) is 11.7. The van der Waals surface area contributed by atoms with Crippen LogP contribution in [-0.4, -0.2) is 6.61 Å². The molecule has 0 bridgehead atoms. The minimum atomic E-state index is -4.36. The van der Waals surface area contributed by atoms with Gasteiger partial charge in [-0.25, -0.2) is 0 Å². The lowest BCUT2D eigenvalue weighted by molar-refractivity contribution is -0.139.